The normalized spacial score (nSPS) is 16.9. The van der Waals surface area contributed by atoms with Gasteiger partial charge in [0.25, 0.3) is 0 Å². The molecule has 2 aromatic heterocycles. The summed E-state index contributed by atoms with van der Waals surface area (Å²) in [6.45, 7) is 6.81. The summed E-state index contributed by atoms with van der Waals surface area (Å²) in [5.41, 5.74) is 2.08. The van der Waals surface area contributed by atoms with E-state index in [1.807, 2.05) is 54.9 Å². The van der Waals surface area contributed by atoms with E-state index in [1.54, 1.807) is 0 Å². The van der Waals surface area contributed by atoms with Crippen LogP contribution in [0.2, 0.25) is 0 Å². The molecule has 4 rings (SSSR count). The molecule has 3 heterocycles. The van der Waals surface area contributed by atoms with Crippen molar-refractivity contribution >= 4 is 23.9 Å². The lowest BCUT2D eigenvalue weighted by atomic mass is 9.97. The molecule has 0 saturated carbocycles. The van der Waals surface area contributed by atoms with Crippen molar-refractivity contribution in [2.75, 3.05) is 18.4 Å². The van der Waals surface area contributed by atoms with Gasteiger partial charge in [0.1, 0.15) is 11.6 Å². The van der Waals surface area contributed by atoms with E-state index in [-0.39, 0.29) is 11.8 Å². The van der Waals surface area contributed by atoms with Gasteiger partial charge in [-0.3, -0.25) is 14.3 Å². The van der Waals surface area contributed by atoms with Crippen LogP contribution in [0.5, 0.6) is 0 Å². The molecule has 162 valence electrons. The zero-order valence-corrected chi connectivity index (χ0v) is 18.8. The molecule has 1 aliphatic rings. The van der Waals surface area contributed by atoms with E-state index in [2.05, 4.69) is 37.0 Å². The van der Waals surface area contributed by atoms with Crippen LogP contribution < -0.4 is 5.32 Å². The lowest BCUT2D eigenvalue weighted by molar-refractivity contribution is -0.121. The molecule has 1 unspecified atom stereocenters. The van der Waals surface area contributed by atoms with Crippen molar-refractivity contribution in [2.45, 2.75) is 39.9 Å². The monoisotopic (exact) mass is 436 g/mol. The Morgan fingerprint density at radius 3 is 2.74 bits per heavy atom. The summed E-state index contributed by atoms with van der Waals surface area (Å²) in [5, 5.41) is 7.64. The number of hydrogen-bond donors (Lipinski definition) is 1. The first-order valence-electron chi connectivity index (χ1n) is 10.6. The molecule has 1 fully saturated rings. The molecule has 1 atom stereocenters. The Labute approximate surface area is 187 Å². The number of amides is 1. The summed E-state index contributed by atoms with van der Waals surface area (Å²) >= 11 is 5.71. The number of rotatable bonds is 6. The Kier molecular flexibility index (Phi) is 6.58. The van der Waals surface area contributed by atoms with E-state index in [0.717, 1.165) is 30.9 Å². The number of anilines is 1. The fraction of sp³-hybridized carbons (Fsp3) is 0.391. The van der Waals surface area contributed by atoms with Gasteiger partial charge in [0, 0.05) is 12.2 Å². The molecule has 0 bridgehead atoms. The average molecular weight is 437 g/mol. The number of hydrogen-bond acceptors (Lipinski definition) is 5. The number of nitrogens with one attached hydrogen (secondary N) is 1. The third-order valence-electron chi connectivity index (χ3n) is 5.64. The van der Waals surface area contributed by atoms with Crippen molar-refractivity contribution in [2.24, 2.45) is 5.92 Å². The van der Waals surface area contributed by atoms with Crippen molar-refractivity contribution in [3.63, 3.8) is 0 Å². The summed E-state index contributed by atoms with van der Waals surface area (Å²) in [5.74, 6) is 1.46. The molecule has 7 nitrogen and oxygen atoms in total. The van der Waals surface area contributed by atoms with Crippen molar-refractivity contribution in [3.8, 4) is 0 Å². The van der Waals surface area contributed by atoms with Crippen molar-refractivity contribution in [1.82, 2.24) is 24.2 Å². The summed E-state index contributed by atoms with van der Waals surface area (Å²) in [6.07, 6.45) is 1.84. The first-order chi connectivity index (χ1) is 15.0. The van der Waals surface area contributed by atoms with Crippen LogP contribution in [-0.2, 0) is 18.0 Å². The second kappa shape index (κ2) is 9.53. The summed E-state index contributed by atoms with van der Waals surface area (Å²) < 4.78 is 4.63. The van der Waals surface area contributed by atoms with Crippen molar-refractivity contribution < 1.29 is 4.79 Å². The van der Waals surface area contributed by atoms with Crippen LogP contribution in [-0.4, -0.2) is 43.2 Å². The number of piperidine rings is 1. The van der Waals surface area contributed by atoms with Crippen LogP contribution in [0.1, 0.15) is 29.9 Å². The van der Waals surface area contributed by atoms with Gasteiger partial charge >= 0.3 is 0 Å². The molecule has 1 N–H and O–H groups in total. The van der Waals surface area contributed by atoms with Crippen LogP contribution >= 0.6 is 12.2 Å². The second-order valence-electron chi connectivity index (χ2n) is 8.11. The average Bonchev–Trinajstić information content (AvgIpc) is 3.02. The highest BCUT2D eigenvalue weighted by atomic mass is 32.1. The molecule has 31 heavy (non-hydrogen) atoms. The molecule has 3 aromatic rings. The molecule has 1 aliphatic heterocycles. The minimum atomic E-state index is -0.0715. The SMILES string of the molecule is Cc1cccc(NC(=O)C2CCCN(Cn3nc(C)n(Cc4ccccc4)c3=S)C2)n1. The quantitative estimate of drug-likeness (QED) is 0.596. The van der Waals surface area contributed by atoms with Gasteiger partial charge in [-0.1, -0.05) is 36.4 Å². The van der Waals surface area contributed by atoms with Gasteiger partial charge in [-0.05, 0) is 63.1 Å². The van der Waals surface area contributed by atoms with Crippen LogP contribution in [0.4, 0.5) is 5.82 Å². The first kappa shape index (κ1) is 21.4. The maximum atomic E-state index is 12.8. The summed E-state index contributed by atoms with van der Waals surface area (Å²) in [4.78, 5) is 19.4. The fourth-order valence-corrected chi connectivity index (χ4v) is 4.31. The summed E-state index contributed by atoms with van der Waals surface area (Å²) in [7, 11) is 0. The maximum Gasteiger partial charge on any atom is 0.229 e. The van der Waals surface area contributed by atoms with Gasteiger partial charge in [0.05, 0.1) is 19.1 Å². The zero-order chi connectivity index (χ0) is 21.8. The molecule has 8 heteroatoms. The highest BCUT2D eigenvalue weighted by Crippen LogP contribution is 2.19. The van der Waals surface area contributed by atoms with E-state index in [1.165, 1.54) is 5.56 Å². The van der Waals surface area contributed by atoms with Gasteiger partial charge in [0.15, 0.2) is 4.77 Å². The first-order valence-corrected chi connectivity index (χ1v) is 11.1. The molecule has 0 spiro atoms. The number of carbonyl (C=O) groups is 1. The maximum absolute atomic E-state index is 12.8. The topological polar surface area (TPSA) is 68.0 Å². The van der Waals surface area contributed by atoms with E-state index in [4.69, 9.17) is 12.2 Å². The summed E-state index contributed by atoms with van der Waals surface area (Å²) in [6, 6.07) is 15.9. The predicted octanol–water partition coefficient (Wildman–Crippen LogP) is 3.78. The molecule has 0 radical (unpaired) electrons. The lowest BCUT2D eigenvalue weighted by Gasteiger charge is -2.31. The standard InChI is InChI=1S/C23H28N6OS/c1-17-8-6-12-21(24-17)25-22(30)20-11-7-13-27(15-20)16-29-23(31)28(18(2)26-29)14-19-9-4-3-5-10-19/h3-6,8-10,12,20H,7,11,13-16H2,1-2H3,(H,24,25,30). The Balaban J connectivity index is 1.41. The molecule has 1 saturated heterocycles. The molecular weight excluding hydrogens is 408 g/mol. The van der Waals surface area contributed by atoms with E-state index in [0.29, 0.717) is 30.3 Å². The highest BCUT2D eigenvalue weighted by Gasteiger charge is 2.26. The van der Waals surface area contributed by atoms with E-state index < -0.39 is 0 Å². The van der Waals surface area contributed by atoms with Gasteiger partial charge in [0.2, 0.25) is 5.91 Å². The fourth-order valence-electron chi connectivity index (χ4n) is 4.02. The van der Waals surface area contributed by atoms with Crippen molar-refractivity contribution in [1.29, 1.82) is 0 Å². The number of benzene rings is 1. The molecular formula is C23H28N6OS. The minimum absolute atomic E-state index is 0.0252. The van der Waals surface area contributed by atoms with Crippen LogP contribution in [0.25, 0.3) is 0 Å². The lowest BCUT2D eigenvalue weighted by Crippen LogP contribution is -2.41. The van der Waals surface area contributed by atoms with Gasteiger partial charge < -0.3 is 5.32 Å². The largest absolute Gasteiger partial charge is 0.310 e. The minimum Gasteiger partial charge on any atom is -0.310 e. The second-order valence-corrected chi connectivity index (χ2v) is 8.48. The molecule has 1 amide bonds. The third kappa shape index (κ3) is 5.26. The Bertz CT molecular complexity index is 1110. The van der Waals surface area contributed by atoms with Crippen LogP contribution in [0.3, 0.4) is 0 Å². The Hall–Kier alpha value is -2.84. The zero-order valence-electron chi connectivity index (χ0n) is 18.0. The Morgan fingerprint density at radius 1 is 1.16 bits per heavy atom. The van der Waals surface area contributed by atoms with Gasteiger partial charge in [-0.25, -0.2) is 9.67 Å². The number of carbonyl (C=O) groups excluding carboxylic acids is 1. The van der Waals surface area contributed by atoms with E-state index >= 15 is 0 Å². The number of pyridine rings is 1. The van der Waals surface area contributed by atoms with E-state index in [9.17, 15) is 4.79 Å². The number of aromatic nitrogens is 4. The van der Waals surface area contributed by atoms with Gasteiger partial charge in [-0.2, -0.15) is 5.10 Å². The predicted molar refractivity (Wildman–Crippen MR) is 123 cm³/mol. The molecule has 0 aliphatic carbocycles. The van der Waals surface area contributed by atoms with Gasteiger partial charge in [-0.15, -0.1) is 0 Å². The smallest absolute Gasteiger partial charge is 0.229 e. The van der Waals surface area contributed by atoms with Crippen LogP contribution in [0, 0.1) is 24.5 Å². The highest BCUT2D eigenvalue weighted by molar-refractivity contribution is 7.71. The van der Waals surface area contributed by atoms with Crippen molar-refractivity contribution in [3.05, 3.63) is 70.4 Å². The number of nitrogens with zero attached hydrogens (tertiary/aromatic N) is 5. The third-order valence-corrected chi connectivity index (χ3v) is 6.07. The Morgan fingerprint density at radius 2 is 1.97 bits per heavy atom. The molecule has 1 aromatic carbocycles. The number of aryl methyl sites for hydroxylation is 2. The van der Waals surface area contributed by atoms with Crippen LogP contribution in [0.15, 0.2) is 48.5 Å². The number of likely N-dealkylation sites (tertiary alicyclic amines) is 1.